The van der Waals surface area contributed by atoms with Crippen molar-refractivity contribution in [3.63, 3.8) is 0 Å². The molecule has 50 heavy (non-hydrogen) atoms. The van der Waals surface area contributed by atoms with Gasteiger partial charge in [-0.05, 0) is 107 Å². The van der Waals surface area contributed by atoms with Crippen LogP contribution in [-0.2, 0) is 0 Å². The first kappa shape index (κ1) is 27.6. The largest absolute Gasteiger partial charge is 0.458 e. The Hall–Kier alpha value is -6.38. The highest BCUT2D eigenvalue weighted by Gasteiger charge is 2.32. The van der Waals surface area contributed by atoms with Crippen LogP contribution in [0, 0.1) is 0 Å². The fraction of sp³-hybridized carbons (Fsp3) is 0. The zero-order valence-corrected chi connectivity index (χ0v) is 27.3. The summed E-state index contributed by atoms with van der Waals surface area (Å²) in [6, 6.07) is 65.3. The van der Waals surface area contributed by atoms with Gasteiger partial charge in [0.2, 0.25) is 0 Å². The van der Waals surface area contributed by atoms with Crippen LogP contribution in [-0.4, -0.2) is 6.71 Å². The number of benzene rings is 9. The molecule has 0 aliphatic carbocycles. The second-order valence-electron chi connectivity index (χ2n) is 13.2. The Bertz CT molecular complexity index is 2790. The van der Waals surface area contributed by atoms with Gasteiger partial charge in [0, 0.05) is 0 Å². The molecular formula is C48H31BO. The Labute approximate surface area is 293 Å². The smallest absolute Gasteiger partial charge is 0.250 e. The summed E-state index contributed by atoms with van der Waals surface area (Å²) in [5, 5.41) is 7.15. The molecule has 232 valence electrons. The van der Waals surface area contributed by atoms with E-state index in [-0.39, 0.29) is 6.71 Å². The molecule has 0 unspecified atom stereocenters. The molecule has 0 radical (unpaired) electrons. The Morgan fingerprint density at radius 1 is 0.340 bits per heavy atom. The third-order valence-corrected chi connectivity index (χ3v) is 10.3. The van der Waals surface area contributed by atoms with E-state index in [9.17, 15) is 0 Å². The summed E-state index contributed by atoms with van der Waals surface area (Å²) in [7, 11) is 0. The van der Waals surface area contributed by atoms with Crippen molar-refractivity contribution >= 4 is 55.4 Å². The Kier molecular flexibility index (Phi) is 6.42. The number of hydrogen-bond donors (Lipinski definition) is 0. The third-order valence-electron chi connectivity index (χ3n) is 10.3. The normalized spacial score (nSPS) is 12.4. The van der Waals surface area contributed by atoms with Crippen molar-refractivity contribution in [2.75, 3.05) is 0 Å². The summed E-state index contributed by atoms with van der Waals surface area (Å²) >= 11 is 0. The molecule has 1 aliphatic rings. The van der Waals surface area contributed by atoms with Gasteiger partial charge < -0.3 is 4.74 Å². The molecule has 0 atom stereocenters. The molecule has 0 fully saturated rings. The maximum atomic E-state index is 8.25. The van der Waals surface area contributed by atoms with Gasteiger partial charge in [0.15, 0.2) is 0 Å². The van der Waals surface area contributed by atoms with Crippen molar-refractivity contribution in [2.24, 2.45) is 0 Å². The van der Waals surface area contributed by atoms with Crippen LogP contribution in [0.2, 0.25) is 0 Å². The van der Waals surface area contributed by atoms with E-state index in [2.05, 4.69) is 164 Å². The molecule has 2 heteroatoms. The lowest BCUT2D eigenvalue weighted by molar-refractivity contribution is 0.487. The van der Waals surface area contributed by atoms with E-state index in [4.69, 9.17) is 6.11 Å². The molecule has 0 saturated heterocycles. The van der Waals surface area contributed by atoms with E-state index in [0.29, 0.717) is 6.04 Å². The van der Waals surface area contributed by atoms with Gasteiger partial charge in [-0.3, -0.25) is 0 Å². The lowest BCUT2D eigenvalue weighted by atomic mass is 9.36. The van der Waals surface area contributed by atoms with Crippen LogP contribution in [0.4, 0.5) is 0 Å². The third kappa shape index (κ3) is 4.72. The monoisotopic (exact) mass is 635 g/mol. The summed E-state index contributed by atoms with van der Waals surface area (Å²) < 4.78 is 14.8. The van der Waals surface area contributed by atoms with Gasteiger partial charge in [0.1, 0.15) is 11.5 Å². The summed E-state index contributed by atoms with van der Waals surface area (Å²) in [6.45, 7) is 0.122. The lowest BCUT2D eigenvalue weighted by Crippen LogP contribution is -2.54. The fourth-order valence-electron chi connectivity index (χ4n) is 7.92. The maximum Gasteiger partial charge on any atom is 0.250 e. The molecule has 0 bridgehead atoms. The van der Waals surface area contributed by atoms with Crippen LogP contribution in [0.1, 0.15) is 1.37 Å². The molecule has 0 saturated carbocycles. The van der Waals surface area contributed by atoms with Crippen molar-refractivity contribution in [1.29, 1.82) is 0 Å². The van der Waals surface area contributed by atoms with E-state index in [1.165, 1.54) is 65.6 Å². The average molecular weight is 636 g/mol. The zero-order chi connectivity index (χ0) is 33.9. The molecule has 9 aromatic carbocycles. The minimum Gasteiger partial charge on any atom is -0.458 e. The lowest BCUT2D eigenvalue weighted by Gasteiger charge is -2.27. The number of fused-ring (bicyclic) bond motifs is 8. The van der Waals surface area contributed by atoms with Gasteiger partial charge in [0.05, 0.1) is 1.37 Å². The first-order valence-electron chi connectivity index (χ1n) is 17.7. The summed E-state index contributed by atoms with van der Waals surface area (Å²) in [5.74, 6) is 1.82. The SMILES string of the molecule is [2H]c1ccc2c3ccc(-c4cccc(-c5cccc(-c6ccc7c(c6)Oc6ccccc6B7c6ccccc6)c5)c4)cc3c3ccccc3c2c1. The molecule has 1 aliphatic heterocycles. The molecule has 10 rings (SSSR count). The second kappa shape index (κ2) is 11.6. The van der Waals surface area contributed by atoms with Crippen LogP contribution in [0.15, 0.2) is 188 Å². The highest BCUT2D eigenvalue weighted by molar-refractivity contribution is 6.96. The quantitative estimate of drug-likeness (QED) is 0.138. The highest BCUT2D eigenvalue weighted by Crippen LogP contribution is 2.38. The molecule has 0 amide bonds. The van der Waals surface area contributed by atoms with Crippen LogP contribution < -0.4 is 21.1 Å². The number of rotatable bonds is 4. The van der Waals surface area contributed by atoms with Crippen LogP contribution >= 0.6 is 0 Å². The summed E-state index contributed by atoms with van der Waals surface area (Å²) in [4.78, 5) is 0. The average Bonchev–Trinajstić information content (AvgIpc) is 3.20. The topological polar surface area (TPSA) is 9.23 Å². The van der Waals surface area contributed by atoms with Crippen molar-refractivity contribution < 1.29 is 6.11 Å². The standard InChI is InChI=1S/C48H31BO/c1-2-16-38(17-3-1)49-45-22-8-9-23-47(45)50-48-31-37(25-27-46(48)49)35-15-11-13-33(29-35)32-12-10-14-34(28-32)36-24-26-43-41-20-5-4-18-39(41)40-19-6-7-21-42(40)44(43)30-36/h1-31H/i4D. The summed E-state index contributed by atoms with van der Waals surface area (Å²) in [6.07, 6.45) is 0. The van der Waals surface area contributed by atoms with Gasteiger partial charge >= 0.3 is 0 Å². The molecule has 0 N–H and O–H groups in total. The van der Waals surface area contributed by atoms with Gasteiger partial charge in [-0.1, -0.05) is 163 Å². The van der Waals surface area contributed by atoms with E-state index in [1.807, 2.05) is 18.2 Å². The Morgan fingerprint density at radius 2 is 0.860 bits per heavy atom. The Morgan fingerprint density at radius 3 is 1.60 bits per heavy atom. The molecular weight excluding hydrogens is 603 g/mol. The van der Waals surface area contributed by atoms with E-state index in [1.54, 1.807) is 0 Å². The van der Waals surface area contributed by atoms with Crippen LogP contribution in [0.5, 0.6) is 11.5 Å². The molecule has 9 aromatic rings. The van der Waals surface area contributed by atoms with Gasteiger partial charge in [-0.2, -0.15) is 0 Å². The van der Waals surface area contributed by atoms with Crippen molar-refractivity contribution in [3.05, 3.63) is 188 Å². The van der Waals surface area contributed by atoms with Crippen molar-refractivity contribution in [3.8, 4) is 44.9 Å². The molecule has 1 nitrogen and oxygen atoms in total. The summed E-state index contributed by atoms with van der Waals surface area (Å²) in [5.41, 5.74) is 10.6. The predicted octanol–water partition coefficient (Wildman–Crippen LogP) is 10.8. The van der Waals surface area contributed by atoms with Crippen LogP contribution in [0.25, 0.3) is 65.7 Å². The van der Waals surface area contributed by atoms with E-state index < -0.39 is 0 Å². The van der Waals surface area contributed by atoms with Crippen LogP contribution in [0.3, 0.4) is 0 Å². The first-order chi connectivity index (χ1) is 25.2. The molecule has 1 heterocycles. The van der Waals surface area contributed by atoms with Crippen molar-refractivity contribution in [2.45, 2.75) is 0 Å². The first-order valence-corrected chi connectivity index (χ1v) is 17.2. The maximum absolute atomic E-state index is 8.25. The zero-order valence-electron chi connectivity index (χ0n) is 28.3. The number of hydrogen-bond acceptors (Lipinski definition) is 1. The second-order valence-corrected chi connectivity index (χ2v) is 13.2. The van der Waals surface area contributed by atoms with Gasteiger partial charge in [-0.25, -0.2) is 0 Å². The van der Waals surface area contributed by atoms with Crippen molar-refractivity contribution in [1.82, 2.24) is 0 Å². The minimum absolute atomic E-state index is 0.122. The molecule has 0 spiro atoms. The highest BCUT2D eigenvalue weighted by atomic mass is 16.5. The number of para-hydroxylation sites is 1. The van der Waals surface area contributed by atoms with E-state index in [0.717, 1.165) is 28.0 Å². The molecule has 0 aromatic heterocycles. The van der Waals surface area contributed by atoms with E-state index >= 15 is 0 Å². The Balaban J connectivity index is 1.03. The number of ether oxygens (including phenoxy) is 1. The fourth-order valence-corrected chi connectivity index (χ4v) is 7.92. The minimum atomic E-state index is 0.122. The van der Waals surface area contributed by atoms with Gasteiger partial charge in [0.25, 0.3) is 6.71 Å². The predicted molar refractivity (Wildman–Crippen MR) is 213 cm³/mol. The van der Waals surface area contributed by atoms with Gasteiger partial charge in [-0.15, -0.1) is 0 Å².